The predicted molar refractivity (Wildman–Crippen MR) is 103 cm³/mol. The number of likely N-dealkylation sites (tertiary alicyclic amines) is 1. The van der Waals surface area contributed by atoms with Gasteiger partial charge in [-0.2, -0.15) is 4.98 Å². The van der Waals surface area contributed by atoms with Crippen molar-refractivity contribution in [3.63, 3.8) is 0 Å². The number of carbonyl (C=O) groups excluding carboxylic acids is 1. The third kappa shape index (κ3) is 6.01. The maximum Gasteiger partial charge on any atom is 0.226 e. The first kappa shape index (κ1) is 21.3. The highest BCUT2D eigenvalue weighted by Crippen LogP contribution is 2.19. The summed E-state index contributed by atoms with van der Waals surface area (Å²) in [5.41, 5.74) is 0.710. The topological polar surface area (TPSA) is 71.3 Å². The van der Waals surface area contributed by atoms with Crippen molar-refractivity contribution in [1.82, 2.24) is 20.4 Å². The molecule has 27 heavy (non-hydrogen) atoms. The lowest BCUT2D eigenvalue weighted by atomic mass is 9.96. The largest absolute Gasteiger partial charge is 0.343 e. The molecule has 148 valence electrons. The molecule has 3 rings (SSSR count). The van der Waals surface area contributed by atoms with Crippen LogP contribution >= 0.6 is 12.4 Å². The monoisotopic (exact) mass is 396 g/mol. The van der Waals surface area contributed by atoms with Gasteiger partial charge < -0.3 is 14.7 Å². The molecule has 0 aliphatic carbocycles. The molecule has 1 N–H and O–H groups in total. The van der Waals surface area contributed by atoms with Crippen molar-refractivity contribution in [2.24, 2.45) is 5.92 Å². The minimum absolute atomic E-state index is 0. The quantitative estimate of drug-likeness (QED) is 0.778. The van der Waals surface area contributed by atoms with Crippen LogP contribution in [0.15, 0.2) is 28.8 Å². The van der Waals surface area contributed by atoms with E-state index in [1.54, 1.807) is 12.1 Å². The minimum Gasteiger partial charge on any atom is -0.343 e. The van der Waals surface area contributed by atoms with Crippen molar-refractivity contribution in [3.05, 3.63) is 36.0 Å². The van der Waals surface area contributed by atoms with Crippen molar-refractivity contribution in [2.45, 2.75) is 32.1 Å². The highest BCUT2D eigenvalue weighted by atomic mass is 35.5. The summed E-state index contributed by atoms with van der Waals surface area (Å²) >= 11 is 0. The van der Waals surface area contributed by atoms with Crippen LogP contribution in [-0.2, 0) is 11.2 Å². The van der Waals surface area contributed by atoms with Crippen molar-refractivity contribution >= 4 is 18.3 Å². The Balaban J connectivity index is 0.00000261. The van der Waals surface area contributed by atoms with E-state index in [0.29, 0.717) is 42.5 Å². The summed E-state index contributed by atoms with van der Waals surface area (Å²) in [6.45, 7) is 2.72. The van der Waals surface area contributed by atoms with Crippen LogP contribution in [0, 0.1) is 11.7 Å². The molecule has 0 saturated carbocycles. The molecule has 0 bridgehead atoms. The molecule has 1 aromatic heterocycles. The minimum atomic E-state index is -0.300. The Labute approximate surface area is 164 Å². The summed E-state index contributed by atoms with van der Waals surface area (Å²) in [5, 5.41) is 7.12. The molecular weight excluding hydrogens is 371 g/mol. The third-order valence-corrected chi connectivity index (χ3v) is 4.81. The second-order valence-corrected chi connectivity index (χ2v) is 6.75. The first-order valence-corrected chi connectivity index (χ1v) is 9.16. The highest BCUT2D eigenvalue weighted by Gasteiger charge is 2.22. The fourth-order valence-electron chi connectivity index (χ4n) is 3.30. The molecular formula is C19H26ClFN4O2. The molecule has 1 aliphatic heterocycles. The van der Waals surface area contributed by atoms with Crippen LogP contribution in [0.2, 0.25) is 0 Å². The molecule has 2 aromatic rings. The molecule has 1 aliphatic rings. The van der Waals surface area contributed by atoms with Gasteiger partial charge in [-0.3, -0.25) is 4.79 Å². The van der Waals surface area contributed by atoms with Gasteiger partial charge in [0.05, 0.1) is 0 Å². The van der Waals surface area contributed by atoms with E-state index in [-0.39, 0.29) is 24.1 Å². The Hall–Kier alpha value is -1.99. The number of nitrogens with one attached hydrogen (secondary N) is 1. The molecule has 6 nitrogen and oxygen atoms in total. The number of benzene rings is 1. The average Bonchev–Trinajstić information content (AvgIpc) is 3.12. The number of aromatic nitrogens is 2. The zero-order chi connectivity index (χ0) is 18.4. The molecule has 2 heterocycles. The second-order valence-electron chi connectivity index (χ2n) is 6.75. The Morgan fingerprint density at radius 1 is 1.30 bits per heavy atom. The molecule has 8 heteroatoms. The van der Waals surface area contributed by atoms with E-state index in [1.165, 1.54) is 12.1 Å². The molecule has 0 atom stereocenters. The van der Waals surface area contributed by atoms with Gasteiger partial charge in [-0.1, -0.05) is 5.16 Å². The normalized spacial score (nSPS) is 14.8. The lowest BCUT2D eigenvalue weighted by molar-refractivity contribution is -0.132. The van der Waals surface area contributed by atoms with Gasteiger partial charge in [-0.25, -0.2) is 4.39 Å². The number of hydrogen-bond donors (Lipinski definition) is 1. The van der Waals surface area contributed by atoms with Gasteiger partial charge in [0.25, 0.3) is 0 Å². The molecule has 1 saturated heterocycles. The molecule has 0 radical (unpaired) electrons. The maximum atomic E-state index is 13.0. The van der Waals surface area contributed by atoms with Gasteiger partial charge in [0.1, 0.15) is 5.82 Å². The van der Waals surface area contributed by atoms with Crippen molar-refractivity contribution in [2.75, 3.05) is 26.7 Å². The van der Waals surface area contributed by atoms with Gasteiger partial charge in [0.15, 0.2) is 0 Å². The van der Waals surface area contributed by atoms with Crippen LogP contribution in [0.4, 0.5) is 4.39 Å². The molecule has 1 aromatic carbocycles. The standard InChI is InChI=1S/C19H25FN4O2.ClH/c1-21-13-14-9-11-24(12-10-14)18(25)4-2-3-17-22-19(23-26-17)15-5-7-16(20)8-6-15;/h5-8,14,21H,2-4,9-13H2,1H3;1H. The van der Waals surface area contributed by atoms with E-state index in [4.69, 9.17) is 4.52 Å². The summed E-state index contributed by atoms with van der Waals surface area (Å²) in [4.78, 5) is 18.6. The zero-order valence-electron chi connectivity index (χ0n) is 15.5. The average molecular weight is 397 g/mol. The number of hydrogen-bond acceptors (Lipinski definition) is 5. The number of halogens is 2. The van der Waals surface area contributed by atoms with Gasteiger partial charge in [0.2, 0.25) is 17.6 Å². The van der Waals surface area contributed by atoms with Gasteiger partial charge in [-0.15, -0.1) is 12.4 Å². The van der Waals surface area contributed by atoms with E-state index < -0.39 is 0 Å². The Kier molecular flexibility index (Phi) is 8.19. The summed E-state index contributed by atoms with van der Waals surface area (Å²) in [6.07, 6.45) is 3.87. The van der Waals surface area contributed by atoms with Crippen LogP contribution in [0.3, 0.4) is 0 Å². The number of aryl methyl sites for hydroxylation is 1. The Morgan fingerprint density at radius 2 is 2.00 bits per heavy atom. The molecule has 1 amide bonds. The molecule has 1 fully saturated rings. The van der Waals surface area contributed by atoms with Gasteiger partial charge in [-0.05, 0) is 63.0 Å². The first-order chi connectivity index (χ1) is 12.7. The third-order valence-electron chi connectivity index (χ3n) is 4.81. The van der Waals surface area contributed by atoms with Gasteiger partial charge >= 0.3 is 0 Å². The molecule has 0 spiro atoms. The Morgan fingerprint density at radius 3 is 2.67 bits per heavy atom. The molecule has 0 unspecified atom stereocenters. The summed E-state index contributed by atoms with van der Waals surface area (Å²) in [5.74, 6) is 1.52. The van der Waals surface area contributed by atoms with E-state index in [9.17, 15) is 9.18 Å². The summed E-state index contributed by atoms with van der Waals surface area (Å²) in [7, 11) is 1.97. The second kappa shape index (κ2) is 10.4. The van der Waals surface area contributed by atoms with E-state index in [1.807, 2.05) is 11.9 Å². The van der Waals surface area contributed by atoms with Crippen molar-refractivity contribution < 1.29 is 13.7 Å². The van der Waals surface area contributed by atoms with E-state index in [2.05, 4.69) is 15.5 Å². The van der Waals surface area contributed by atoms with Crippen LogP contribution in [-0.4, -0.2) is 47.6 Å². The summed E-state index contributed by atoms with van der Waals surface area (Å²) < 4.78 is 18.2. The maximum absolute atomic E-state index is 13.0. The van der Waals surface area contributed by atoms with Crippen LogP contribution in [0.25, 0.3) is 11.4 Å². The highest BCUT2D eigenvalue weighted by molar-refractivity contribution is 5.85. The lowest BCUT2D eigenvalue weighted by Gasteiger charge is -2.32. The fraction of sp³-hybridized carbons (Fsp3) is 0.526. The van der Waals surface area contributed by atoms with Gasteiger partial charge in [0, 0.05) is 31.5 Å². The first-order valence-electron chi connectivity index (χ1n) is 9.16. The van der Waals surface area contributed by atoms with Crippen LogP contribution < -0.4 is 5.32 Å². The van der Waals surface area contributed by atoms with E-state index in [0.717, 1.165) is 32.5 Å². The lowest BCUT2D eigenvalue weighted by Crippen LogP contribution is -2.40. The predicted octanol–water partition coefficient (Wildman–Crippen LogP) is 3.08. The number of amides is 1. The van der Waals surface area contributed by atoms with E-state index >= 15 is 0 Å². The zero-order valence-corrected chi connectivity index (χ0v) is 16.3. The summed E-state index contributed by atoms with van der Waals surface area (Å²) in [6, 6.07) is 5.96. The smallest absolute Gasteiger partial charge is 0.226 e. The number of nitrogens with zero attached hydrogens (tertiary/aromatic N) is 3. The number of carbonyl (C=O) groups is 1. The van der Waals surface area contributed by atoms with Crippen molar-refractivity contribution in [3.8, 4) is 11.4 Å². The van der Waals surface area contributed by atoms with Crippen molar-refractivity contribution in [1.29, 1.82) is 0 Å². The SMILES string of the molecule is CNCC1CCN(C(=O)CCCc2nc(-c3ccc(F)cc3)no2)CC1.Cl. The Bertz CT molecular complexity index is 715. The number of piperidine rings is 1. The fourth-order valence-corrected chi connectivity index (χ4v) is 3.30. The van der Waals surface area contributed by atoms with Crippen LogP contribution in [0.5, 0.6) is 0 Å². The van der Waals surface area contributed by atoms with Crippen LogP contribution in [0.1, 0.15) is 31.6 Å². The number of rotatable bonds is 7.